The number of nitrogens with one attached hydrogen (secondary N) is 1. The van der Waals surface area contributed by atoms with Crippen molar-refractivity contribution in [2.24, 2.45) is 0 Å². The Morgan fingerprint density at radius 2 is 2.00 bits per heavy atom. The molecule has 3 N–H and O–H groups in total. The molecule has 0 fully saturated rings. The van der Waals surface area contributed by atoms with Gasteiger partial charge in [-0.3, -0.25) is 4.79 Å². The van der Waals surface area contributed by atoms with Gasteiger partial charge in [0.15, 0.2) is 0 Å². The van der Waals surface area contributed by atoms with Crippen LogP contribution in [0.25, 0.3) is 0 Å². The van der Waals surface area contributed by atoms with Gasteiger partial charge in [-0.1, -0.05) is 42.5 Å². The summed E-state index contributed by atoms with van der Waals surface area (Å²) in [4.78, 5) is 12.2. The standard InChI is InChI=1S/C18H19NO4/c20-15-9-10-23-17-13(15)7-4-8-14(17)19-18(22)16(21)11-12-5-2-1-3-6-12/h1-8,15-16,20-21H,9-11H2,(H,19,22)/t15-,16-/m0/s1. The van der Waals surface area contributed by atoms with Crippen molar-refractivity contribution in [3.63, 3.8) is 0 Å². The number of anilines is 1. The minimum Gasteiger partial charge on any atom is -0.491 e. The molecule has 2 aromatic rings. The number of aliphatic hydroxyl groups excluding tert-OH is 2. The zero-order valence-corrected chi connectivity index (χ0v) is 12.6. The number of carbonyl (C=O) groups excluding carboxylic acids is 1. The normalized spacial score (nSPS) is 17.7. The van der Waals surface area contributed by atoms with E-state index in [-0.39, 0.29) is 6.42 Å². The molecule has 5 heteroatoms. The summed E-state index contributed by atoms with van der Waals surface area (Å²) in [7, 11) is 0. The second-order valence-corrected chi connectivity index (χ2v) is 5.57. The van der Waals surface area contributed by atoms with E-state index in [1.165, 1.54) is 0 Å². The van der Waals surface area contributed by atoms with E-state index < -0.39 is 18.1 Å². The third-order valence-corrected chi connectivity index (χ3v) is 3.87. The first-order valence-electron chi connectivity index (χ1n) is 7.62. The van der Waals surface area contributed by atoms with Crippen LogP contribution in [0.1, 0.15) is 23.7 Å². The van der Waals surface area contributed by atoms with Crippen molar-refractivity contribution in [1.29, 1.82) is 0 Å². The Morgan fingerprint density at radius 1 is 1.22 bits per heavy atom. The van der Waals surface area contributed by atoms with Crippen LogP contribution in [0.4, 0.5) is 5.69 Å². The average Bonchev–Trinajstić information content (AvgIpc) is 2.56. The van der Waals surface area contributed by atoms with E-state index in [0.29, 0.717) is 30.0 Å². The molecule has 120 valence electrons. The van der Waals surface area contributed by atoms with E-state index >= 15 is 0 Å². The van der Waals surface area contributed by atoms with E-state index in [0.717, 1.165) is 5.56 Å². The summed E-state index contributed by atoms with van der Waals surface area (Å²) in [6.45, 7) is 0.396. The Hall–Kier alpha value is -2.37. The van der Waals surface area contributed by atoms with Crippen molar-refractivity contribution in [3.8, 4) is 5.75 Å². The molecule has 1 amide bonds. The predicted molar refractivity (Wildman–Crippen MR) is 86.3 cm³/mol. The minimum absolute atomic E-state index is 0.241. The van der Waals surface area contributed by atoms with Crippen LogP contribution >= 0.6 is 0 Å². The zero-order chi connectivity index (χ0) is 16.2. The molecule has 0 radical (unpaired) electrons. The van der Waals surface area contributed by atoms with Gasteiger partial charge in [0.1, 0.15) is 11.9 Å². The second-order valence-electron chi connectivity index (χ2n) is 5.57. The second kappa shape index (κ2) is 6.81. The van der Waals surface area contributed by atoms with Crippen molar-refractivity contribution in [1.82, 2.24) is 0 Å². The van der Waals surface area contributed by atoms with Crippen molar-refractivity contribution in [2.75, 3.05) is 11.9 Å². The molecule has 0 spiro atoms. The van der Waals surface area contributed by atoms with Gasteiger partial charge in [0.05, 0.1) is 18.4 Å². The maximum atomic E-state index is 12.2. The molecular weight excluding hydrogens is 294 g/mol. The van der Waals surface area contributed by atoms with Crippen LogP contribution < -0.4 is 10.1 Å². The van der Waals surface area contributed by atoms with E-state index in [2.05, 4.69) is 5.32 Å². The molecule has 2 atom stereocenters. The predicted octanol–water partition coefficient (Wildman–Crippen LogP) is 2.04. The number of rotatable bonds is 4. The smallest absolute Gasteiger partial charge is 0.253 e. The number of carbonyl (C=O) groups is 1. The Bertz CT molecular complexity index is 687. The average molecular weight is 313 g/mol. The first kappa shape index (κ1) is 15.5. The molecule has 0 saturated carbocycles. The fraction of sp³-hybridized carbons (Fsp3) is 0.278. The highest BCUT2D eigenvalue weighted by Gasteiger charge is 2.24. The number of hydrogen-bond acceptors (Lipinski definition) is 4. The Labute approximate surface area is 134 Å². The fourth-order valence-electron chi connectivity index (χ4n) is 2.65. The van der Waals surface area contributed by atoms with Gasteiger partial charge in [-0.15, -0.1) is 0 Å². The van der Waals surface area contributed by atoms with Crippen molar-refractivity contribution in [3.05, 3.63) is 59.7 Å². The fourth-order valence-corrected chi connectivity index (χ4v) is 2.65. The highest BCUT2D eigenvalue weighted by Crippen LogP contribution is 2.37. The quantitative estimate of drug-likeness (QED) is 0.807. The van der Waals surface area contributed by atoms with Crippen LogP contribution in [0, 0.1) is 0 Å². The van der Waals surface area contributed by atoms with Crippen molar-refractivity contribution in [2.45, 2.75) is 25.0 Å². The van der Waals surface area contributed by atoms with Crippen LogP contribution in [0.15, 0.2) is 48.5 Å². The highest BCUT2D eigenvalue weighted by molar-refractivity contribution is 5.95. The van der Waals surface area contributed by atoms with Crippen LogP contribution in [-0.4, -0.2) is 28.8 Å². The molecule has 5 nitrogen and oxygen atoms in total. The Morgan fingerprint density at radius 3 is 2.78 bits per heavy atom. The van der Waals surface area contributed by atoms with Gasteiger partial charge in [0.25, 0.3) is 5.91 Å². The first-order valence-corrected chi connectivity index (χ1v) is 7.62. The highest BCUT2D eigenvalue weighted by atomic mass is 16.5. The lowest BCUT2D eigenvalue weighted by atomic mass is 10.0. The van der Waals surface area contributed by atoms with Gasteiger partial charge in [-0.05, 0) is 11.6 Å². The third kappa shape index (κ3) is 3.52. The Kier molecular flexibility index (Phi) is 4.60. The van der Waals surface area contributed by atoms with Crippen LogP contribution in [0.2, 0.25) is 0 Å². The van der Waals surface area contributed by atoms with Crippen molar-refractivity contribution < 1.29 is 19.7 Å². The summed E-state index contributed by atoms with van der Waals surface area (Å²) in [6.07, 6.45) is -0.974. The molecule has 0 aromatic heterocycles. The van der Waals surface area contributed by atoms with Crippen LogP contribution in [-0.2, 0) is 11.2 Å². The molecule has 0 unspecified atom stereocenters. The van der Waals surface area contributed by atoms with Gasteiger partial charge >= 0.3 is 0 Å². The molecule has 3 rings (SSSR count). The van der Waals surface area contributed by atoms with Gasteiger partial charge in [0, 0.05) is 18.4 Å². The zero-order valence-electron chi connectivity index (χ0n) is 12.6. The molecule has 1 aliphatic heterocycles. The number of para-hydroxylation sites is 1. The topological polar surface area (TPSA) is 78.8 Å². The molecule has 1 heterocycles. The lowest BCUT2D eigenvalue weighted by molar-refractivity contribution is -0.123. The SMILES string of the molecule is O=C(Nc1cccc2c1OCC[C@@H]2O)[C@@H](O)Cc1ccccc1. The van der Waals surface area contributed by atoms with E-state index in [4.69, 9.17) is 4.74 Å². The molecule has 0 bridgehead atoms. The number of ether oxygens (including phenoxy) is 1. The van der Waals surface area contributed by atoms with Crippen LogP contribution in [0.3, 0.4) is 0 Å². The summed E-state index contributed by atoms with van der Waals surface area (Å²) in [5.74, 6) is -0.0163. The summed E-state index contributed by atoms with van der Waals surface area (Å²) in [5, 5.41) is 22.8. The number of fused-ring (bicyclic) bond motifs is 1. The van der Waals surface area contributed by atoms with Crippen molar-refractivity contribution >= 4 is 11.6 Å². The molecule has 0 saturated heterocycles. The monoisotopic (exact) mass is 313 g/mol. The van der Waals surface area contributed by atoms with Gasteiger partial charge in [0.2, 0.25) is 0 Å². The van der Waals surface area contributed by atoms with Crippen LogP contribution in [0.5, 0.6) is 5.75 Å². The van der Waals surface area contributed by atoms with E-state index in [1.54, 1.807) is 18.2 Å². The third-order valence-electron chi connectivity index (χ3n) is 3.87. The largest absolute Gasteiger partial charge is 0.491 e. The molecule has 2 aromatic carbocycles. The maximum Gasteiger partial charge on any atom is 0.253 e. The maximum absolute atomic E-state index is 12.2. The van der Waals surface area contributed by atoms with Gasteiger partial charge in [-0.2, -0.15) is 0 Å². The minimum atomic E-state index is -1.15. The Balaban J connectivity index is 1.72. The molecular formula is C18H19NO4. The summed E-state index contributed by atoms with van der Waals surface area (Å²) < 4.78 is 5.57. The lowest BCUT2D eigenvalue weighted by Crippen LogP contribution is -2.30. The first-order chi connectivity index (χ1) is 11.1. The summed E-state index contributed by atoms with van der Waals surface area (Å²) in [5.41, 5.74) is 2.02. The summed E-state index contributed by atoms with van der Waals surface area (Å²) in [6, 6.07) is 14.6. The number of amides is 1. The molecule has 0 aliphatic carbocycles. The number of hydrogen-bond donors (Lipinski definition) is 3. The summed E-state index contributed by atoms with van der Waals surface area (Å²) >= 11 is 0. The molecule has 23 heavy (non-hydrogen) atoms. The van der Waals surface area contributed by atoms with E-state index in [9.17, 15) is 15.0 Å². The molecule has 1 aliphatic rings. The number of aliphatic hydroxyl groups is 2. The lowest BCUT2D eigenvalue weighted by Gasteiger charge is -2.24. The number of benzene rings is 2. The van der Waals surface area contributed by atoms with E-state index in [1.807, 2.05) is 30.3 Å². The van der Waals surface area contributed by atoms with Gasteiger partial charge in [-0.25, -0.2) is 0 Å². The van der Waals surface area contributed by atoms with Gasteiger partial charge < -0.3 is 20.3 Å².